The molecule has 1 aliphatic carbocycles. The third kappa shape index (κ3) is 4.60. The summed E-state index contributed by atoms with van der Waals surface area (Å²) in [5.41, 5.74) is 0.555. The van der Waals surface area contributed by atoms with Crippen LogP contribution in [0.25, 0.3) is 0 Å². The monoisotopic (exact) mass is 347 g/mol. The minimum absolute atomic E-state index is 0.0169. The summed E-state index contributed by atoms with van der Waals surface area (Å²) in [4.78, 5) is 12.9. The number of nitrogens with one attached hydrogen (secondary N) is 1. The molecule has 1 aromatic carbocycles. The van der Waals surface area contributed by atoms with E-state index in [9.17, 15) is 9.18 Å². The lowest BCUT2D eigenvalue weighted by atomic mass is 9.80. The van der Waals surface area contributed by atoms with E-state index in [0.29, 0.717) is 19.1 Å². The normalized spacial score (nSPS) is 22.3. The fraction of sp³-hybridized carbons (Fsp3) is 0.667. The molecule has 3 nitrogen and oxygen atoms in total. The predicted octanol–water partition coefficient (Wildman–Crippen LogP) is 4.55. The molecular weight excluding hydrogens is 317 g/mol. The Hall–Kier alpha value is -1.42. The van der Waals surface area contributed by atoms with Crippen LogP contribution in [0.5, 0.6) is 0 Å². The average Bonchev–Trinajstić information content (AvgIpc) is 2.64. The van der Waals surface area contributed by atoms with E-state index >= 15 is 0 Å². The van der Waals surface area contributed by atoms with Gasteiger partial charge in [0.05, 0.1) is 5.54 Å². The number of ether oxygens (including phenoxy) is 1. The molecule has 0 bridgehead atoms. The maximum absolute atomic E-state index is 13.3. The van der Waals surface area contributed by atoms with Gasteiger partial charge in [0.15, 0.2) is 0 Å². The van der Waals surface area contributed by atoms with Gasteiger partial charge in [0, 0.05) is 19.1 Å². The minimum Gasteiger partial charge on any atom is -0.381 e. The van der Waals surface area contributed by atoms with Gasteiger partial charge in [-0.25, -0.2) is 4.39 Å². The lowest BCUT2D eigenvalue weighted by molar-refractivity contribution is -0.128. The number of hydrogen-bond donors (Lipinski definition) is 1. The van der Waals surface area contributed by atoms with Crippen LogP contribution in [-0.4, -0.2) is 19.1 Å². The Kier molecular flexibility index (Phi) is 6.10. The Labute approximate surface area is 150 Å². The zero-order valence-electron chi connectivity index (χ0n) is 15.2. The predicted molar refractivity (Wildman–Crippen MR) is 96.6 cm³/mol. The van der Waals surface area contributed by atoms with E-state index in [1.54, 1.807) is 12.1 Å². The molecule has 1 aliphatic heterocycles. The summed E-state index contributed by atoms with van der Waals surface area (Å²) in [6.45, 7) is 3.28. The highest BCUT2D eigenvalue weighted by Gasteiger charge is 2.37. The van der Waals surface area contributed by atoms with Crippen molar-refractivity contribution in [3.05, 3.63) is 35.6 Å². The number of carbonyl (C=O) groups excluding carboxylic acids is 1. The van der Waals surface area contributed by atoms with Crippen LogP contribution in [0.2, 0.25) is 0 Å². The molecule has 1 saturated heterocycles. The molecule has 25 heavy (non-hydrogen) atoms. The summed E-state index contributed by atoms with van der Waals surface area (Å²) >= 11 is 0. The van der Waals surface area contributed by atoms with Gasteiger partial charge >= 0.3 is 0 Å². The van der Waals surface area contributed by atoms with E-state index in [0.717, 1.165) is 24.8 Å². The fourth-order valence-corrected chi connectivity index (χ4v) is 4.36. The number of benzene rings is 1. The first-order valence-electron chi connectivity index (χ1n) is 9.75. The molecule has 1 N–H and O–H groups in total. The molecule has 0 radical (unpaired) electrons. The van der Waals surface area contributed by atoms with Gasteiger partial charge in [-0.15, -0.1) is 0 Å². The zero-order valence-corrected chi connectivity index (χ0v) is 15.2. The SMILES string of the molecule is CC(CC1CCCCC1)C(=O)NC1(c2ccc(F)cc2)CCOCC1. The van der Waals surface area contributed by atoms with Crippen molar-refractivity contribution in [3.8, 4) is 0 Å². The third-order valence-electron chi connectivity index (χ3n) is 5.96. The highest BCUT2D eigenvalue weighted by molar-refractivity contribution is 5.79. The first kappa shape index (κ1) is 18.4. The molecule has 1 heterocycles. The van der Waals surface area contributed by atoms with E-state index in [-0.39, 0.29) is 17.6 Å². The highest BCUT2D eigenvalue weighted by atomic mass is 19.1. The number of amides is 1. The summed E-state index contributed by atoms with van der Waals surface area (Å²) in [6, 6.07) is 6.55. The summed E-state index contributed by atoms with van der Waals surface area (Å²) < 4.78 is 18.8. The highest BCUT2D eigenvalue weighted by Crippen LogP contribution is 2.34. The molecule has 138 valence electrons. The smallest absolute Gasteiger partial charge is 0.223 e. The fourth-order valence-electron chi connectivity index (χ4n) is 4.36. The number of rotatable bonds is 5. The van der Waals surface area contributed by atoms with Crippen molar-refractivity contribution < 1.29 is 13.9 Å². The second-order valence-corrected chi connectivity index (χ2v) is 7.83. The minimum atomic E-state index is -0.427. The van der Waals surface area contributed by atoms with Crippen molar-refractivity contribution in [2.75, 3.05) is 13.2 Å². The quantitative estimate of drug-likeness (QED) is 0.848. The van der Waals surface area contributed by atoms with Crippen molar-refractivity contribution in [2.24, 2.45) is 11.8 Å². The number of halogens is 1. The van der Waals surface area contributed by atoms with Gasteiger partial charge in [0.2, 0.25) is 5.91 Å². The van der Waals surface area contributed by atoms with Gasteiger partial charge in [-0.3, -0.25) is 4.79 Å². The molecule has 2 aliphatic rings. The van der Waals surface area contributed by atoms with Crippen LogP contribution in [0, 0.1) is 17.7 Å². The Morgan fingerprint density at radius 1 is 1.20 bits per heavy atom. The van der Waals surface area contributed by atoms with Crippen molar-refractivity contribution >= 4 is 5.91 Å². The molecule has 1 unspecified atom stereocenters. The summed E-state index contributed by atoms with van der Waals surface area (Å²) in [7, 11) is 0. The Balaban J connectivity index is 1.68. The summed E-state index contributed by atoms with van der Waals surface area (Å²) in [5, 5.41) is 3.32. The van der Waals surface area contributed by atoms with Crippen LogP contribution >= 0.6 is 0 Å². The van der Waals surface area contributed by atoms with Crippen LogP contribution in [0.3, 0.4) is 0 Å². The van der Waals surface area contributed by atoms with Gasteiger partial charge in [0.25, 0.3) is 0 Å². The van der Waals surface area contributed by atoms with Crippen molar-refractivity contribution in [3.63, 3.8) is 0 Å². The van der Waals surface area contributed by atoms with E-state index in [1.165, 1.54) is 44.2 Å². The van der Waals surface area contributed by atoms with Crippen LogP contribution in [0.1, 0.15) is 63.9 Å². The van der Waals surface area contributed by atoms with Crippen molar-refractivity contribution in [2.45, 2.75) is 63.8 Å². The lowest BCUT2D eigenvalue weighted by Crippen LogP contribution is -2.51. The third-order valence-corrected chi connectivity index (χ3v) is 5.96. The van der Waals surface area contributed by atoms with Crippen LogP contribution in [-0.2, 0) is 15.1 Å². The largest absolute Gasteiger partial charge is 0.381 e. The van der Waals surface area contributed by atoms with E-state index in [1.807, 2.05) is 6.92 Å². The van der Waals surface area contributed by atoms with E-state index < -0.39 is 5.54 Å². The Bertz CT molecular complexity index is 560. The van der Waals surface area contributed by atoms with Gasteiger partial charge in [-0.1, -0.05) is 51.2 Å². The zero-order chi connectivity index (χ0) is 17.7. The first-order valence-corrected chi connectivity index (χ1v) is 9.75. The van der Waals surface area contributed by atoms with Crippen molar-refractivity contribution in [1.29, 1.82) is 0 Å². The summed E-state index contributed by atoms with van der Waals surface area (Å²) in [6.07, 6.45) is 8.91. The maximum atomic E-state index is 13.3. The molecule has 0 spiro atoms. The van der Waals surface area contributed by atoms with Gasteiger partial charge < -0.3 is 10.1 Å². The number of hydrogen-bond acceptors (Lipinski definition) is 2. The second-order valence-electron chi connectivity index (χ2n) is 7.83. The van der Waals surface area contributed by atoms with E-state index in [2.05, 4.69) is 5.32 Å². The Morgan fingerprint density at radius 2 is 1.84 bits per heavy atom. The summed E-state index contributed by atoms with van der Waals surface area (Å²) in [5.74, 6) is 0.578. The number of carbonyl (C=O) groups is 1. The van der Waals surface area contributed by atoms with Crippen LogP contribution in [0.4, 0.5) is 4.39 Å². The molecule has 0 aromatic heterocycles. The topological polar surface area (TPSA) is 38.3 Å². The van der Waals surface area contributed by atoms with Crippen LogP contribution in [0.15, 0.2) is 24.3 Å². The molecule has 1 atom stereocenters. The first-order chi connectivity index (χ1) is 12.1. The lowest BCUT2D eigenvalue weighted by Gasteiger charge is -2.39. The average molecular weight is 347 g/mol. The second kappa shape index (κ2) is 8.31. The van der Waals surface area contributed by atoms with Gasteiger partial charge in [-0.05, 0) is 42.9 Å². The van der Waals surface area contributed by atoms with E-state index in [4.69, 9.17) is 4.74 Å². The van der Waals surface area contributed by atoms with Gasteiger partial charge in [-0.2, -0.15) is 0 Å². The maximum Gasteiger partial charge on any atom is 0.223 e. The van der Waals surface area contributed by atoms with Crippen molar-refractivity contribution in [1.82, 2.24) is 5.32 Å². The molecule has 2 fully saturated rings. The van der Waals surface area contributed by atoms with Gasteiger partial charge in [0.1, 0.15) is 5.82 Å². The standard InChI is InChI=1S/C21H30FNO2/c1-16(15-17-5-3-2-4-6-17)20(24)23-21(11-13-25-14-12-21)18-7-9-19(22)10-8-18/h7-10,16-17H,2-6,11-15H2,1H3,(H,23,24). The molecule has 3 rings (SSSR count). The molecule has 1 saturated carbocycles. The molecule has 1 amide bonds. The molecule has 4 heteroatoms. The molecular formula is C21H30FNO2. The Morgan fingerprint density at radius 3 is 2.48 bits per heavy atom. The van der Waals surface area contributed by atoms with Crippen LogP contribution < -0.4 is 5.32 Å². The molecule has 1 aromatic rings.